The molecule has 3 rings (SSSR count). The highest BCUT2D eigenvalue weighted by Gasteiger charge is 2.53. The van der Waals surface area contributed by atoms with Crippen molar-refractivity contribution in [3.63, 3.8) is 0 Å². The fraction of sp³-hybridized carbons (Fsp3) is 0.667. The Hall–Kier alpha value is -3.25. The van der Waals surface area contributed by atoms with Gasteiger partial charge in [0.1, 0.15) is 6.04 Å². The molecule has 1 aromatic rings. The first-order valence-corrected chi connectivity index (χ1v) is 18.8. The van der Waals surface area contributed by atoms with Gasteiger partial charge in [0.05, 0.1) is 24.0 Å². The van der Waals surface area contributed by atoms with E-state index >= 15 is 0 Å². The summed E-state index contributed by atoms with van der Waals surface area (Å²) in [6.45, 7) is 6.10. The molecular weight excluding hydrogens is 632 g/mol. The molecule has 0 aliphatic heterocycles. The smallest absolute Gasteiger partial charge is 0.243 e. The van der Waals surface area contributed by atoms with Crippen molar-refractivity contribution in [1.82, 2.24) is 16.0 Å². The van der Waals surface area contributed by atoms with Crippen LogP contribution >= 0.6 is 0 Å². The Morgan fingerprint density at radius 1 is 0.940 bits per heavy atom. The van der Waals surface area contributed by atoms with Crippen LogP contribution in [0.1, 0.15) is 102 Å². The Kier molecular flexibility index (Phi) is 17.5. The molecule has 0 spiro atoms. The first-order chi connectivity index (χ1) is 24.0. The number of hydrogen-bond acceptors (Lipinski definition) is 9. The van der Waals surface area contributed by atoms with Crippen molar-refractivity contribution in [2.24, 2.45) is 35.0 Å². The SMILES string of the molecule is C=CCN[C@@H](Cc1ccccc1)C(=O)N[C@@H](CCCCN)C(=O)N[C@@H](C)C(=O)C(C1CCCCC1)[C@](N)([C]=O)C(=O)[C@H](N)CC1CCCCC1. The fourth-order valence-electron chi connectivity index (χ4n) is 7.78. The van der Waals surface area contributed by atoms with Crippen LogP contribution in [0.5, 0.6) is 0 Å². The lowest BCUT2D eigenvalue weighted by molar-refractivity contribution is -0.137. The number of carbonyl (C=O) groups is 4. The van der Waals surface area contributed by atoms with Gasteiger partial charge in [-0.15, -0.1) is 6.58 Å². The Labute approximate surface area is 298 Å². The predicted octanol–water partition coefficient (Wildman–Crippen LogP) is 2.93. The topological polar surface area (TPSA) is 200 Å². The Bertz CT molecular complexity index is 1250. The maximum atomic E-state index is 14.3. The normalized spacial score (nSPS) is 19.9. The van der Waals surface area contributed by atoms with Gasteiger partial charge in [-0.25, -0.2) is 0 Å². The number of ketones is 2. The van der Waals surface area contributed by atoms with Crippen LogP contribution in [0, 0.1) is 17.8 Å². The Morgan fingerprint density at radius 2 is 1.56 bits per heavy atom. The fourth-order valence-corrected chi connectivity index (χ4v) is 7.78. The molecule has 2 fully saturated rings. The lowest BCUT2D eigenvalue weighted by Gasteiger charge is -2.40. The van der Waals surface area contributed by atoms with E-state index in [1.807, 2.05) is 30.3 Å². The first kappa shape index (κ1) is 41.2. The minimum Gasteiger partial charge on any atom is -0.345 e. The Morgan fingerprint density at radius 3 is 2.16 bits per heavy atom. The molecule has 0 saturated heterocycles. The minimum atomic E-state index is -2.23. The van der Waals surface area contributed by atoms with Gasteiger partial charge < -0.3 is 33.2 Å². The number of amides is 2. The van der Waals surface area contributed by atoms with Gasteiger partial charge in [0.15, 0.2) is 17.1 Å². The molecule has 2 amide bonds. The van der Waals surface area contributed by atoms with Crippen LogP contribution in [0.3, 0.4) is 0 Å². The van der Waals surface area contributed by atoms with Crippen LogP contribution in [-0.4, -0.2) is 72.5 Å². The van der Waals surface area contributed by atoms with E-state index in [2.05, 4.69) is 22.5 Å². The lowest BCUT2D eigenvalue weighted by atomic mass is 9.65. The van der Waals surface area contributed by atoms with Gasteiger partial charge in [0.25, 0.3) is 0 Å². The third-order valence-corrected chi connectivity index (χ3v) is 10.6. The third kappa shape index (κ3) is 11.9. The van der Waals surface area contributed by atoms with E-state index in [1.54, 1.807) is 12.4 Å². The van der Waals surface area contributed by atoms with E-state index in [0.717, 1.165) is 56.9 Å². The largest absolute Gasteiger partial charge is 0.345 e. The molecule has 277 valence electrons. The zero-order valence-corrected chi connectivity index (χ0v) is 30.0. The van der Waals surface area contributed by atoms with Gasteiger partial charge in [-0.05, 0) is 75.8 Å². The van der Waals surface area contributed by atoms with Crippen molar-refractivity contribution in [2.45, 2.75) is 133 Å². The quantitative estimate of drug-likeness (QED) is 0.0600. The molecule has 6 atom stereocenters. The summed E-state index contributed by atoms with van der Waals surface area (Å²) in [6, 6.07) is 5.88. The van der Waals surface area contributed by atoms with Gasteiger partial charge in [0, 0.05) is 6.54 Å². The van der Waals surface area contributed by atoms with E-state index in [9.17, 15) is 24.0 Å². The summed E-state index contributed by atoms with van der Waals surface area (Å²) in [5.41, 5.74) is 17.5. The van der Waals surface area contributed by atoms with Crippen molar-refractivity contribution >= 4 is 29.7 Å². The molecule has 0 aromatic heterocycles. The van der Waals surface area contributed by atoms with Crippen LogP contribution < -0.4 is 33.2 Å². The number of hydrogen-bond donors (Lipinski definition) is 6. The molecule has 2 aliphatic rings. The average Bonchev–Trinajstić information content (AvgIpc) is 3.13. The molecule has 1 aromatic carbocycles. The molecule has 50 heavy (non-hydrogen) atoms. The van der Waals surface area contributed by atoms with Gasteiger partial charge in [-0.2, -0.15) is 0 Å². The number of nitrogens with two attached hydrogens (primary N) is 3. The van der Waals surface area contributed by atoms with Crippen molar-refractivity contribution in [1.29, 1.82) is 0 Å². The van der Waals surface area contributed by atoms with E-state index in [0.29, 0.717) is 58.0 Å². The highest BCUT2D eigenvalue weighted by Crippen LogP contribution is 2.37. The molecule has 0 heterocycles. The summed E-state index contributed by atoms with van der Waals surface area (Å²) in [6.07, 6.45) is 15.0. The molecule has 0 bridgehead atoms. The predicted molar refractivity (Wildman–Crippen MR) is 196 cm³/mol. The van der Waals surface area contributed by atoms with Gasteiger partial charge in [-0.3, -0.25) is 24.0 Å². The van der Waals surface area contributed by atoms with Crippen LogP contribution in [0.4, 0.5) is 0 Å². The molecule has 2 saturated carbocycles. The second-order valence-electron chi connectivity index (χ2n) is 14.5. The summed E-state index contributed by atoms with van der Waals surface area (Å²) in [7, 11) is 0. The number of Topliss-reactive ketones (excluding diaryl/α,β-unsaturated/α-hetero) is 2. The summed E-state index contributed by atoms with van der Waals surface area (Å²) in [5.74, 6) is -3.33. The zero-order chi connectivity index (χ0) is 36.5. The highest BCUT2D eigenvalue weighted by molar-refractivity contribution is 6.11. The first-order valence-electron chi connectivity index (χ1n) is 18.8. The van der Waals surface area contributed by atoms with Crippen LogP contribution in [-0.2, 0) is 30.4 Å². The number of nitrogens with one attached hydrogen (secondary N) is 3. The molecule has 11 heteroatoms. The number of carbonyl (C=O) groups excluding carboxylic acids is 5. The third-order valence-electron chi connectivity index (χ3n) is 10.6. The van der Waals surface area contributed by atoms with Gasteiger partial charge in [0.2, 0.25) is 18.1 Å². The second-order valence-corrected chi connectivity index (χ2v) is 14.5. The molecule has 11 nitrogen and oxygen atoms in total. The van der Waals surface area contributed by atoms with E-state index in [-0.39, 0.29) is 17.7 Å². The average molecular weight is 694 g/mol. The van der Waals surface area contributed by atoms with Crippen LogP contribution in [0.25, 0.3) is 0 Å². The van der Waals surface area contributed by atoms with E-state index in [4.69, 9.17) is 17.2 Å². The highest BCUT2D eigenvalue weighted by atomic mass is 16.2. The number of unbranched alkanes of at least 4 members (excludes halogenated alkanes) is 1. The van der Waals surface area contributed by atoms with Crippen molar-refractivity contribution < 1.29 is 24.0 Å². The van der Waals surface area contributed by atoms with Crippen LogP contribution in [0.15, 0.2) is 43.0 Å². The zero-order valence-electron chi connectivity index (χ0n) is 30.0. The minimum absolute atomic E-state index is 0.270. The lowest BCUT2D eigenvalue weighted by Crippen LogP contribution is -2.66. The molecular formula is C39H61N6O5. The monoisotopic (exact) mass is 693 g/mol. The second kappa shape index (κ2) is 21.2. The summed E-state index contributed by atoms with van der Waals surface area (Å²) in [4.78, 5) is 68.4. The number of benzene rings is 1. The van der Waals surface area contributed by atoms with Gasteiger partial charge in [-0.1, -0.05) is 87.8 Å². The van der Waals surface area contributed by atoms with Crippen LogP contribution in [0.2, 0.25) is 0 Å². The van der Waals surface area contributed by atoms with Crippen molar-refractivity contribution in [3.8, 4) is 0 Å². The molecule has 1 radical (unpaired) electrons. The maximum absolute atomic E-state index is 14.3. The van der Waals surface area contributed by atoms with E-state index < -0.39 is 53.1 Å². The maximum Gasteiger partial charge on any atom is 0.243 e. The van der Waals surface area contributed by atoms with E-state index in [1.165, 1.54) is 6.92 Å². The molecule has 1 unspecified atom stereocenters. The van der Waals surface area contributed by atoms with Crippen molar-refractivity contribution in [3.05, 3.63) is 48.6 Å². The number of rotatable bonds is 22. The Balaban J connectivity index is 1.81. The molecule has 9 N–H and O–H groups in total. The van der Waals surface area contributed by atoms with Crippen molar-refractivity contribution in [2.75, 3.05) is 13.1 Å². The summed E-state index contributed by atoms with van der Waals surface area (Å²) >= 11 is 0. The standard InChI is InChI=1S/C39H61N6O5/c1-3-23-43-33(25-29-17-9-5-10-18-29)38(50)45-32(21-13-14-22-40)37(49)44-27(2)35(47)34(30-19-11-6-12-20-30)39(42,26-46)36(48)31(41)24-28-15-7-4-8-16-28/h3,5,9-10,17-18,27-28,30-34,43H,1,4,6-8,11-16,19-25,40-42H2,2H3,(H,44,49)(H,45,50)/t27-,31+,32-,33-,34?,39+/m0/s1. The summed E-state index contributed by atoms with van der Waals surface area (Å²) in [5, 5.41) is 8.87. The summed E-state index contributed by atoms with van der Waals surface area (Å²) < 4.78 is 0. The van der Waals surface area contributed by atoms with Gasteiger partial charge >= 0.3 is 0 Å². The molecule has 2 aliphatic carbocycles.